The fourth-order valence-electron chi connectivity index (χ4n) is 2.59. The number of aromatic nitrogens is 6. The second-order valence-corrected chi connectivity index (χ2v) is 6.98. The zero-order valence-electron chi connectivity index (χ0n) is 16.3. The molecule has 0 amide bonds. The Kier molecular flexibility index (Phi) is 5.11. The van der Waals surface area contributed by atoms with E-state index in [4.69, 9.17) is 9.47 Å². The second-order valence-electron chi connectivity index (χ2n) is 6.98. The molecule has 0 aliphatic carbocycles. The average molecular weight is 372 g/mol. The standard InChI is InChI=1S/C18H24N6O3/c1-6-18(3,4)11-24-14-13(9-20-24)21-17(22-15(14)26-5)23-10-12(8-19-23)16(25)27-7-2/h8-10H,6-7,11H2,1-5H3. The minimum absolute atomic E-state index is 0.0825. The lowest BCUT2D eigenvalue weighted by Crippen LogP contribution is -2.19. The quantitative estimate of drug-likeness (QED) is 0.588. The molecule has 0 aliphatic rings. The Morgan fingerprint density at radius 1 is 1.19 bits per heavy atom. The molecule has 0 saturated heterocycles. The van der Waals surface area contributed by atoms with Gasteiger partial charge >= 0.3 is 5.97 Å². The molecule has 0 aliphatic heterocycles. The van der Waals surface area contributed by atoms with E-state index in [1.807, 2.05) is 4.68 Å². The molecule has 0 spiro atoms. The number of rotatable bonds is 7. The molecule has 144 valence electrons. The van der Waals surface area contributed by atoms with E-state index in [0.29, 0.717) is 29.5 Å². The summed E-state index contributed by atoms with van der Waals surface area (Å²) >= 11 is 0. The Morgan fingerprint density at radius 3 is 2.63 bits per heavy atom. The van der Waals surface area contributed by atoms with E-state index in [0.717, 1.165) is 18.5 Å². The van der Waals surface area contributed by atoms with Crippen LogP contribution < -0.4 is 4.74 Å². The number of methoxy groups -OCH3 is 1. The van der Waals surface area contributed by atoms with Crippen molar-refractivity contribution >= 4 is 17.0 Å². The predicted molar refractivity (Wildman–Crippen MR) is 99.0 cm³/mol. The first-order valence-electron chi connectivity index (χ1n) is 8.88. The van der Waals surface area contributed by atoms with Crippen LogP contribution in [-0.4, -0.2) is 49.2 Å². The number of hydrogen-bond acceptors (Lipinski definition) is 7. The van der Waals surface area contributed by atoms with Crippen LogP contribution in [0.1, 0.15) is 44.5 Å². The van der Waals surface area contributed by atoms with Gasteiger partial charge in [-0.1, -0.05) is 20.8 Å². The van der Waals surface area contributed by atoms with E-state index in [-0.39, 0.29) is 5.41 Å². The van der Waals surface area contributed by atoms with Crippen LogP contribution in [0.3, 0.4) is 0 Å². The Balaban J connectivity index is 2.01. The molecule has 0 unspecified atom stereocenters. The lowest BCUT2D eigenvalue weighted by molar-refractivity contribution is 0.0526. The van der Waals surface area contributed by atoms with Gasteiger partial charge in [0.05, 0.1) is 31.7 Å². The summed E-state index contributed by atoms with van der Waals surface area (Å²) in [4.78, 5) is 20.8. The summed E-state index contributed by atoms with van der Waals surface area (Å²) in [6, 6.07) is 0. The maximum absolute atomic E-state index is 11.8. The van der Waals surface area contributed by atoms with Gasteiger partial charge in [0, 0.05) is 12.7 Å². The molecule has 9 nitrogen and oxygen atoms in total. The summed E-state index contributed by atoms with van der Waals surface area (Å²) in [5, 5.41) is 8.62. The van der Waals surface area contributed by atoms with Crippen molar-refractivity contribution in [3.05, 3.63) is 24.2 Å². The first kappa shape index (κ1) is 18.8. The largest absolute Gasteiger partial charge is 0.479 e. The SMILES string of the molecule is CCOC(=O)c1cnn(-c2nc(OC)c3c(cnn3CC(C)(C)CC)n2)c1. The van der Waals surface area contributed by atoms with Crippen molar-refractivity contribution in [3.63, 3.8) is 0 Å². The summed E-state index contributed by atoms with van der Waals surface area (Å²) in [6.45, 7) is 9.29. The predicted octanol–water partition coefficient (Wildman–Crippen LogP) is 2.63. The van der Waals surface area contributed by atoms with Gasteiger partial charge in [0.15, 0.2) is 0 Å². The van der Waals surface area contributed by atoms with Crippen LogP contribution in [0.5, 0.6) is 5.88 Å². The highest BCUT2D eigenvalue weighted by Gasteiger charge is 2.22. The molecule has 3 aromatic heterocycles. The fourth-order valence-corrected chi connectivity index (χ4v) is 2.59. The zero-order valence-corrected chi connectivity index (χ0v) is 16.3. The zero-order chi connectivity index (χ0) is 19.6. The number of carbonyl (C=O) groups excluding carboxylic acids is 1. The van der Waals surface area contributed by atoms with Crippen LogP contribution in [-0.2, 0) is 11.3 Å². The lowest BCUT2D eigenvalue weighted by atomic mass is 9.90. The number of esters is 1. The van der Waals surface area contributed by atoms with Gasteiger partial charge in [-0.25, -0.2) is 14.5 Å². The molecule has 0 radical (unpaired) electrons. The van der Waals surface area contributed by atoms with Crippen molar-refractivity contribution in [1.29, 1.82) is 0 Å². The highest BCUT2D eigenvalue weighted by molar-refractivity contribution is 5.88. The summed E-state index contributed by atoms with van der Waals surface area (Å²) in [7, 11) is 1.56. The Hall–Kier alpha value is -2.97. The monoisotopic (exact) mass is 372 g/mol. The van der Waals surface area contributed by atoms with E-state index in [2.05, 4.69) is 40.9 Å². The van der Waals surface area contributed by atoms with Gasteiger partial charge in [-0.2, -0.15) is 15.2 Å². The fraction of sp³-hybridized carbons (Fsp3) is 0.500. The smallest absolute Gasteiger partial charge is 0.341 e. The molecule has 0 aromatic carbocycles. The van der Waals surface area contributed by atoms with Crippen LogP contribution in [0.2, 0.25) is 0 Å². The molecule has 27 heavy (non-hydrogen) atoms. The van der Waals surface area contributed by atoms with Gasteiger partial charge in [-0.05, 0) is 18.8 Å². The third-order valence-electron chi connectivity index (χ3n) is 4.47. The minimum Gasteiger partial charge on any atom is -0.479 e. The van der Waals surface area contributed by atoms with E-state index < -0.39 is 5.97 Å². The van der Waals surface area contributed by atoms with Crippen LogP contribution >= 0.6 is 0 Å². The topological polar surface area (TPSA) is 97.0 Å². The molecular weight excluding hydrogens is 348 g/mol. The van der Waals surface area contributed by atoms with Crippen molar-refractivity contribution in [3.8, 4) is 11.8 Å². The molecular formula is C18H24N6O3. The average Bonchev–Trinajstić information content (AvgIpc) is 3.28. The van der Waals surface area contributed by atoms with Crippen LogP contribution in [0.15, 0.2) is 18.6 Å². The molecule has 3 heterocycles. The molecule has 9 heteroatoms. The molecule has 3 aromatic rings. The first-order chi connectivity index (χ1) is 12.9. The van der Waals surface area contributed by atoms with Crippen LogP contribution in [0, 0.1) is 5.41 Å². The van der Waals surface area contributed by atoms with E-state index >= 15 is 0 Å². The molecule has 0 saturated carbocycles. The van der Waals surface area contributed by atoms with Crippen molar-refractivity contribution in [2.45, 2.75) is 40.7 Å². The second kappa shape index (κ2) is 7.34. The van der Waals surface area contributed by atoms with Crippen LogP contribution in [0.4, 0.5) is 0 Å². The number of ether oxygens (including phenoxy) is 2. The van der Waals surface area contributed by atoms with Crippen LogP contribution in [0.25, 0.3) is 17.0 Å². The van der Waals surface area contributed by atoms with Crippen molar-refractivity contribution < 1.29 is 14.3 Å². The number of carbonyl (C=O) groups is 1. The first-order valence-corrected chi connectivity index (χ1v) is 8.88. The molecule has 0 fully saturated rings. The molecule has 3 rings (SSSR count). The Bertz CT molecular complexity index is 959. The Labute approximate surface area is 157 Å². The molecule has 0 N–H and O–H groups in total. The maximum Gasteiger partial charge on any atom is 0.341 e. The highest BCUT2D eigenvalue weighted by atomic mass is 16.5. The van der Waals surface area contributed by atoms with E-state index in [1.54, 1.807) is 20.2 Å². The summed E-state index contributed by atoms with van der Waals surface area (Å²) < 4.78 is 13.8. The van der Waals surface area contributed by atoms with Crippen molar-refractivity contribution in [1.82, 2.24) is 29.5 Å². The van der Waals surface area contributed by atoms with Crippen molar-refractivity contribution in [2.75, 3.05) is 13.7 Å². The minimum atomic E-state index is -0.439. The maximum atomic E-state index is 11.8. The normalized spacial score (nSPS) is 11.7. The van der Waals surface area contributed by atoms with Gasteiger partial charge in [0.25, 0.3) is 5.95 Å². The lowest BCUT2D eigenvalue weighted by Gasteiger charge is -2.22. The van der Waals surface area contributed by atoms with Gasteiger partial charge in [-0.15, -0.1) is 0 Å². The Morgan fingerprint density at radius 2 is 1.96 bits per heavy atom. The van der Waals surface area contributed by atoms with Gasteiger partial charge in [-0.3, -0.25) is 4.68 Å². The third kappa shape index (κ3) is 3.76. The highest BCUT2D eigenvalue weighted by Crippen LogP contribution is 2.28. The third-order valence-corrected chi connectivity index (χ3v) is 4.47. The molecule has 0 bridgehead atoms. The van der Waals surface area contributed by atoms with Gasteiger partial charge in [0.1, 0.15) is 11.0 Å². The van der Waals surface area contributed by atoms with Crippen molar-refractivity contribution in [2.24, 2.45) is 5.41 Å². The van der Waals surface area contributed by atoms with Gasteiger partial charge < -0.3 is 9.47 Å². The summed E-state index contributed by atoms with van der Waals surface area (Å²) in [6.07, 6.45) is 5.65. The molecule has 0 atom stereocenters. The van der Waals surface area contributed by atoms with Gasteiger partial charge in [0.2, 0.25) is 5.88 Å². The van der Waals surface area contributed by atoms with E-state index in [9.17, 15) is 4.79 Å². The number of fused-ring (bicyclic) bond motifs is 1. The number of nitrogens with zero attached hydrogens (tertiary/aromatic N) is 6. The summed E-state index contributed by atoms with van der Waals surface area (Å²) in [5.41, 5.74) is 1.80. The number of hydrogen-bond donors (Lipinski definition) is 0. The summed E-state index contributed by atoms with van der Waals surface area (Å²) in [5.74, 6) is 0.267. The van der Waals surface area contributed by atoms with E-state index in [1.165, 1.54) is 17.1 Å².